The molecule has 0 radical (unpaired) electrons. The maximum absolute atomic E-state index is 4.94. The Morgan fingerprint density at radius 3 is 1.52 bits per heavy atom. The van der Waals surface area contributed by atoms with Crippen molar-refractivity contribution in [1.82, 2.24) is 9.78 Å². The van der Waals surface area contributed by atoms with Gasteiger partial charge < -0.3 is 4.90 Å². The first-order valence-electron chi connectivity index (χ1n) is 10.4. The molecule has 0 atom stereocenters. The van der Waals surface area contributed by atoms with Crippen LogP contribution in [0.15, 0.2) is 103 Å². The Labute approximate surface area is 172 Å². The van der Waals surface area contributed by atoms with Gasteiger partial charge >= 0.3 is 0 Å². The molecule has 3 heteroatoms. The van der Waals surface area contributed by atoms with Crippen molar-refractivity contribution in [3.05, 3.63) is 120 Å². The van der Waals surface area contributed by atoms with E-state index in [0.717, 1.165) is 13.1 Å². The molecule has 0 bridgehead atoms. The van der Waals surface area contributed by atoms with E-state index in [-0.39, 0.29) is 0 Å². The summed E-state index contributed by atoms with van der Waals surface area (Å²) < 4.78 is 2.15. The van der Waals surface area contributed by atoms with Gasteiger partial charge in [0.15, 0.2) is 0 Å². The molecule has 0 saturated carbocycles. The van der Waals surface area contributed by atoms with Crippen molar-refractivity contribution < 1.29 is 0 Å². The van der Waals surface area contributed by atoms with Crippen LogP contribution in [-0.4, -0.2) is 22.9 Å². The molecule has 3 nitrogen and oxygen atoms in total. The second kappa shape index (κ2) is 7.59. The molecule has 1 aromatic heterocycles. The fourth-order valence-corrected chi connectivity index (χ4v) is 4.57. The van der Waals surface area contributed by atoms with Gasteiger partial charge in [-0.2, -0.15) is 5.10 Å². The van der Waals surface area contributed by atoms with E-state index in [9.17, 15) is 0 Å². The number of hydrogen-bond acceptors (Lipinski definition) is 2. The van der Waals surface area contributed by atoms with E-state index >= 15 is 0 Å². The minimum Gasteiger partial charge on any atom is -0.369 e. The largest absolute Gasteiger partial charge is 0.369 e. The van der Waals surface area contributed by atoms with E-state index in [1.54, 1.807) is 0 Å². The van der Waals surface area contributed by atoms with Gasteiger partial charge in [0.2, 0.25) is 0 Å². The van der Waals surface area contributed by atoms with Gasteiger partial charge in [-0.3, -0.25) is 4.68 Å². The number of nitrogens with zero attached hydrogens (tertiary/aromatic N) is 3. The summed E-state index contributed by atoms with van der Waals surface area (Å²) in [6.45, 7) is 2.22. The SMILES string of the molecule is c1ccc(C(c2ccccc2)(c2ccccc2)n2cc(N3CCCC3)cn2)cc1. The second-order valence-corrected chi connectivity index (χ2v) is 7.65. The fraction of sp³-hybridized carbons (Fsp3) is 0.192. The molecule has 1 aliphatic heterocycles. The Morgan fingerprint density at radius 1 is 0.621 bits per heavy atom. The molecule has 144 valence electrons. The summed E-state index contributed by atoms with van der Waals surface area (Å²) in [6, 6.07) is 32.1. The van der Waals surface area contributed by atoms with Crippen molar-refractivity contribution in [2.45, 2.75) is 18.4 Å². The summed E-state index contributed by atoms with van der Waals surface area (Å²) >= 11 is 0. The zero-order valence-electron chi connectivity index (χ0n) is 16.5. The molecule has 0 aliphatic carbocycles. The van der Waals surface area contributed by atoms with Gasteiger partial charge in [0.05, 0.1) is 18.1 Å². The van der Waals surface area contributed by atoms with Gasteiger partial charge in [0, 0.05) is 13.1 Å². The van der Waals surface area contributed by atoms with Crippen molar-refractivity contribution >= 4 is 5.69 Å². The molecule has 29 heavy (non-hydrogen) atoms. The zero-order valence-corrected chi connectivity index (χ0v) is 16.5. The van der Waals surface area contributed by atoms with Crippen LogP contribution in [0.5, 0.6) is 0 Å². The summed E-state index contributed by atoms with van der Waals surface area (Å²) in [5, 5.41) is 4.94. The molecule has 2 heterocycles. The van der Waals surface area contributed by atoms with Gasteiger partial charge in [0.25, 0.3) is 0 Å². The van der Waals surface area contributed by atoms with Gasteiger partial charge in [0.1, 0.15) is 5.54 Å². The molecule has 0 spiro atoms. The summed E-state index contributed by atoms with van der Waals surface area (Å²) in [6.07, 6.45) is 6.76. The molecule has 1 fully saturated rings. The standard InChI is InChI=1S/C26H25N3/c1-4-12-22(13-5-1)26(23-14-6-2-7-15-23,24-16-8-3-9-17-24)29-21-25(20-27-29)28-18-10-11-19-28/h1-9,12-17,20-21H,10-11,18-19H2. The lowest BCUT2D eigenvalue weighted by atomic mass is 9.77. The van der Waals surface area contributed by atoms with Crippen LogP contribution in [0.25, 0.3) is 0 Å². The monoisotopic (exact) mass is 379 g/mol. The number of rotatable bonds is 5. The third-order valence-corrected chi connectivity index (χ3v) is 5.96. The maximum atomic E-state index is 4.94. The lowest BCUT2D eigenvalue weighted by Gasteiger charge is -2.36. The summed E-state index contributed by atoms with van der Waals surface area (Å²) in [4.78, 5) is 2.44. The van der Waals surface area contributed by atoms with E-state index < -0.39 is 5.54 Å². The minimum absolute atomic E-state index is 0.526. The van der Waals surface area contributed by atoms with Crippen molar-refractivity contribution in [1.29, 1.82) is 0 Å². The van der Waals surface area contributed by atoms with Crippen LogP contribution in [0.4, 0.5) is 5.69 Å². The Balaban J connectivity index is 1.79. The average Bonchev–Trinajstić information content (AvgIpc) is 3.49. The first-order chi connectivity index (χ1) is 14.4. The van der Waals surface area contributed by atoms with Crippen LogP contribution in [0, 0.1) is 0 Å². The average molecular weight is 380 g/mol. The van der Waals surface area contributed by atoms with Crippen LogP contribution < -0.4 is 4.90 Å². The van der Waals surface area contributed by atoms with Crippen LogP contribution in [0.2, 0.25) is 0 Å². The van der Waals surface area contributed by atoms with Gasteiger partial charge in [-0.25, -0.2) is 0 Å². The molecule has 1 aliphatic rings. The van der Waals surface area contributed by atoms with Crippen LogP contribution in [-0.2, 0) is 5.54 Å². The lowest BCUT2D eigenvalue weighted by Crippen LogP contribution is -2.38. The van der Waals surface area contributed by atoms with Gasteiger partial charge in [-0.15, -0.1) is 0 Å². The highest BCUT2D eigenvalue weighted by molar-refractivity contribution is 5.52. The molecule has 0 amide bonds. The van der Waals surface area contributed by atoms with Crippen molar-refractivity contribution in [2.24, 2.45) is 0 Å². The molecule has 0 unspecified atom stereocenters. The highest BCUT2D eigenvalue weighted by Crippen LogP contribution is 2.41. The van der Waals surface area contributed by atoms with E-state index in [4.69, 9.17) is 5.10 Å². The summed E-state index contributed by atoms with van der Waals surface area (Å²) in [7, 11) is 0. The van der Waals surface area contributed by atoms with Gasteiger partial charge in [-0.1, -0.05) is 91.0 Å². The quantitative estimate of drug-likeness (QED) is 0.437. The molecule has 1 saturated heterocycles. The van der Waals surface area contributed by atoms with E-state index in [1.807, 2.05) is 6.20 Å². The van der Waals surface area contributed by atoms with Crippen molar-refractivity contribution in [2.75, 3.05) is 18.0 Å². The Hall–Kier alpha value is -3.33. The molecule has 0 N–H and O–H groups in total. The summed E-state index contributed by atoms with van der Waals surface area (Å²) in [5.41, 5.74) is 4.28. The van der Waals surface area contributed by atoms with E-state index in [2.05, 4.69) is 107 Å². The topological polar surface area (TPSA) is 21.1 Å². The first kappa shape index (κ1) is 17.7. The Morgan fingerprint density at radius 2 is 1.07 bits per heavy atom. The van der Waals surface area contributed by atoms with Crippen LogP contribution in [0.1, 0.15) is 29.5 Å². The van der Waals surface area contributed by atoms with E-state index in [0.29, 0.717) is 0 Å². The molecule has 3 aromatic carbocycles. The first-order valence-corrected chi connectivity index (χ1v) is 10.4. The third-order valence-electron chi connectivity index (χ3n) is 5.96. The number of hydrogen-bond donors (Lipinski definition) is 0. The number of aromatic nitrogens is 2. The molecular weight excluding hydrogens is 354 g/mol. The van der Waals surface area contributed by atoms with Gasteiger partial charge in [-0.05, 0) is 29.5 Å². The number of benzene rings is 3. The van der Waals surface area contributed by atoms with Crippen LogP contribution >= 0.6 is 0 Å². The molecule has 4 aromatic rings. The summed E-state index contributed by atoms with van der Waals surface area (Å²) in [5.74, 6) is 0. The maximum Gasteiger partial charge on any atom is 0.138 e. The lowest BCUT2D eigenvalue weighted by molar-refractivity contribution is 0.460. The van der Waals surface area contributed by atoms with E-state index in [1.165, 1.54) is 35.2 Å². The van der Waals surface area contributed by atoms with Crippen LogP contribution in [0.3, 0.4) is 0 Å². The Bertz CT molecular complexity index is 952. The highest BCUT2D eigenvalue weighted by Gasteiger charge is 2.39. The molecular formula is C26H25N3. The third kappa shape index (κ3) is 3.03. The predicted octanol–water partition coefficient (Wildman–Crippen LogP) is 5.32. The fourth-order valence-electron chi connectivity index (χ4n) is 4.57. The zero-order chi connectivity index (χ0) is 19.5. The second-order valence-electron chi connectivity index (χ2n) is 7.65. The smallest absolute Gasteiger partial charge is 0.138 e. The normalized spacial score (nSPS) is 14.3. The van der Waals surface area contributed by atoms with Crippen molar-refractivity contribution in [3.63, 3.8) is 0 Å². The minimum atomic E-state index is -0.526. The molecule has 5 rings (SSSR count). The highest BCUT2D eigenvalue weighted by atomic mass is 15.3. The number of anilines is 1. The van der Waals surface area contributed by atoms with Crippen molar-refractivity contribution in [3.8, 4) is 0 Å². The Kier molecular flexibility index (Phi) is 4.65. The predicted molar refractivity (Wildman–Crippen MR) is 118 cm³/mol.